The number of carbonyl (C=O) groups excluding carboxylic acids is 1. The van der Waals surface area contributed by atoms with E-state index in [1.54, 1.807) is 30.3 Å². The van der Waals surface area contributed by atoms with Crippen LogP contribution in [0.1, 0.15) is 124 Å². The van der Waals surface area contributed by atoms with Crippen LogP contribution in [0.15, 0.2) is 200 Å². The minimum atomic E-state index is 0.0671. The number of nitrogens with two attached hydrogens (primary N) is 1. The van der Waals surface area contributed by atoms with E-state index < -0.39 is 0 Å². The van der Waals surface area contributed by atoms with Crippen molar-refractivity contribution in [1.82, 2.24) is 0 Å². The van der Waals surface area contributed by atoms with Gasteiger partial charge in [0.15, 0.2) is 0 Å². The highest BCUT2D eigenvalue weighted by molar-refractivity contribution is 6.36. The van der Waals surface area contributed by atoms with Crippen molar-refractivity contribution in [2.24, 2.45) is 17.8 Å². The summed E-state index contributed by atoms with van der Waals surface area (Å²) in [6.45, 7) is 1.75. The van der Waals surface area contributed by atoms with E-state index in [1.165, 1.54) is 16.7 Å². The zero-order valence-electron chi connectivity index (χ0n) is 49.2. The minimum Gasteiger partial charge on any atom is -0.399 e. The number of halogens is 9. The topological polar surface area (TPSA) is 139 Å². The Hall–Kier alpha value is -6.87. The van der Waals surface area contributed by atoms with Gasteiger partial charge < -0.3 is 21.2 Å². The SMILES string of the molecule is N#Cc1ccc(N)cc1.N#Cc1ccc(NC[C@@H]2C[C@H](c3ccc(Cl)cc3)[C@H](c3ccc(Cl)cc3Cl)C2)cc1.N#Cc1ccc(NC[C@H]2C[C@H](c3ccc(Cl)cc3)[C@H](c3ccc(Cl)cc3Cl)C2)cc1.O=CC1C[C@H](c2ccc(Cl)cc2)[C@H](c2ccc(Cl)cc2Cl)C1. The number of rotatable bonds is 13. The summed E-state index contributed by atoms with van der Waals surface area (Å²) in [6.07, 6.45) is 6.93. The second-order valence-electron chi connectivity index (χ2n) is 23.2. The van der Waals surface area contributed by atoms with Crippen LogP contribution in [0.2, 0.25) is 45.2 Å². The fourth-order valence-corrected chi connectivity index (χ4v) is 14.9. The third-order valence-corrected chi connectivity index (χ3v) is 19.8. The van der Waals surface area contributed by atoms with Crippen LogP contribution < -0.4 is 16.4 Å². The van der Waals surface area contributed by atoms with Gasteiger partial charge in [-0.1, -0.05) is 159 Å². The molecule has 0 heterocycles. The van der Waals surface area contributed by atoms with Gasteiger partial charge in [-0.25, -0.2) is 0 Å². The van der Waals surface area contributed by atoms with Crippen molar-refractivity contribution in [3.8, 4) is 18.2 Å². The first-order chi connectivity index (χ1) is 44.0. The monoisotopic (exact) mass is 1380 g/mol. The number of nitrogens with one attached hydrogen (secondary N) is 2. The van der Waals surface area contributed by atoms with Crippen LogP contribution in [0, 0.1) is 51.7 Å². The van der Waals surface area contributed by atoms with Crippen LogP contribution in [0.25, 0.3) is 0 Å². The van der Waals surface area contributed by atoms with E-state index in [9.17, 15) is 4.79 Å². The Kier molecular flexibility index (Phi) is 24.9. The molecule has 9 atom stereocenters. The first kappa shape index (κ1) is 68.5. The molecule has 4 N–H and O–H groups in total. The van der Waals surface area contributed by atoms with Crippen molar-refractivity contribution >= 4 is 128 Å². The molecule has 0 aliphatic heterocycles. The van der Waals surface area contributed by atoms with E-state index >= 15 is 0 Å². The van der Waals surface area contributed by atoms with Gasteiger partial charge in [-0.3, -0.25) is 0 Å². The first-order valence-corrected chi connectivity index (χ1v) is 33.2. The van der Waals surface area contributed by atoms with Gasteiger partial charge >= 0.3 is 0 Å². The van der Waals surface area contributed by atoms with E-state index in [0.29, 0.717) is 78.0 Å². The van der Waals surface area contributed by atoms with E-state index in [0.717, 1.165) is 111 Å². The van der Waals surface area contributed by atoms with Crippen molar-refractivity contribution in [2.75, 3.05) is 29.5 Å². The Bertz CT molecular complexity index is 3850. The molecule has 3 saturated carbocycles. The molecule has 9 aromatic carbocycles. The van der Waals surface area contributed by atoms with Gasteiger partial charge in [0.1, 0.15) is 6.29 Å². The molecule has 3 aliphatic rings. The van der Waals surface area contributed by atoms with Gasteiger partial charge in [-0.05, 0) is 265 Å². The van der Waals surface area contributed by atoms with Gasteiger partial charge in [0.05, 0.1) is 34.9 Å². The summed E-state index contributed by atoms with van der Waals surface area (Å²) in [7, 11) is 0. The Morgan fingerprint density at radius 1 is 0.363 bits per heavy atom. The van der Waals surface area contributed by atoms with E-state index in [-0.39, 0.29) is 17.8 Å². The standard InChI is InChI=1S/2C25H21Cl3N2.C18H15Cl3O.C7H6N2/c2*26-19-5-3-18(4-6-19)23-11-17(15-30-21-8-1-16(14-29)2-9-21)12-24(23)22-10-7-20(27)13-25(22)28;19-13-3-1-12(2-4-13)16-7-11(10-22)8-17(16)15-6-5-14(20)9-18(15)21;8-5-6-1-3-7(9)4-2-6/h2*1-10,13,17,23-24,30H,11-12,15H2;1-6,9-11,16-17H,7-8H2;1-4H,9H2/t17-,23+,24-;17-,23-,24+;11?,16-,17+;/m011./s1. The number of aldehydes is 1. The molecule has 462 valence electrons. The molecule has 7 nitrogen and oxygen atoms in total. The van der Waals surface area contributed by atoms with Gasteiger partial charge in [0.2, 0.25) is 0 Å². The maximum Gasteiger partial charge on any atom is 0.123 e. The molecule has 9 aromatic rings. The lowest BCUT2D eigenvalue weighted by molar-refractivity contribution is -0.110. The molecule has 91 heavy (non-hydrogen) atoms. The average Bonchev–Trinajstić information content (AvgIpc) is 2.10. The van der Waals surface area contributed by atoms with Crippen molar-refractivity contribution in [1.29, 1.82) is 15.8 Å². The quantitative estimate of drug-likeness (QED) is 0.0772. The smallest absolute Gasteiger partial charge is 0.123 e. The third kappa shape index (κ3) is 18.9. The Labute approximate surface area is 578 Å². The van der Waals surface area contributed by atoms with Gasteiger partial charge in [0.25, 0.3) is 0 Å². The Morgan fingerprint density at radius 2 is 0.637 bits per heavy atom. The van der Waals surface area contributed by atoms with Crippen LogP contribution in [0.3, 0.4) is 0 Å². The summed E-state index contributed by atoms with van der Waals surface area (Å²) < 4.78 is 0. The van der Waals surface area contributed by atoms with E-state index in [2.05, 4.69) is 59.2 Å². The molecule has 0 amide bonds. The Balaban J connectivity index is 0.000000152. The summed E-state index contributed by atoms with van der Waals surface area (Å²) in [6, 6.07) is 69.7. The lowest BCUT2D eigenvalue weighted by atomic mass is 9.84. The van der Waals surface area contributed by atoms with Crippen molar-refractivity contribution in [3.05, 3.63) is 295 Å². The highest BCUT2D eigenvalue weighted by Crippen LogP contribution is 2.53. The molecule has 16 heteroatoms. The number of nitrogens with zero attached hydrogens (tertiary/aromatic N) is 3. The fourth-order valence-electron chi connectivity index (χ4n) is 12.9. The molecular formula is C75H63Cl9N6O. The number of benzene rings is 9. The highest BCUT2D eigenvalue weighted by Gasteiger charge is 2.39. The summed E-state index contributed by atoms with van der Waals surface area (Å²) in [5.41, 5.74) is 17.3. The lowest BCUT2D eigenvalue weighted by Gasteiger charge is -2.21. The highest BCUT2D eigenvalue weighted by atomic mass is 35.5. The molecule has 0 aromatic heterocycles. The normalized spacial score (nSPS) is 20.4. The largest absolute Gasteiger partial charge is 0.399 e. The summed E-state index contributed by atoms with van der Waals surface area (Å²) in [4.78, 5) is 11.3. The molecule has 0 spiro atoms. The zero-order chi connectivity index (χ0) is 64.6. The van der Waals surface area contributed by atoms with Gasteiger partial charge in [-0.15, -0.1) is 0 Å². The van der Waals surface area contributed by atoms with E-state index in [4.69, 9.17) is 126 Å². The maximum absolute atomic E-state index is 11.3. The predicted molar refractivity (Wildman–Crippen MR) is 379 cm³/mol. The average molecular weight is 1380 g/mol. The number of hydrogen-bond donors (Lipinski definition) is 3. The second-order valence-corrected chi connectivity index (χ2v) is 27.0. The van der Waals surface area contributed by atoms with Crippen molar-refractivity contribution in [2.45, 2.75) is 74.0 Å². The second kappa shape index (κ2) is 33.1. The lowest BCUT2D eigenvalue weighted by Crippen LogP contribution is -2.11. The number of anilines is 3. The summed E-state index contributed by atoms with van der Waals surface area (Å²) in [5.74, 6) is 2.94. The molecule has 12 rings (SSSR count). The number of nitriles is 3. The Morgan fingerprint density at radius 3 is 0.945 bits per heavy atom. The molecule has 0 bridgehead atoms. The molecule has 3 aliphatic carbocycles. The van der Waals surface area contributed by atoms with Crippen LogP contribution in [0.4, 0.5) is 17.1 Å². The molecule has 3 fully saturated rings. The van der Waals surface area contributed by atoms with Gasteiger partial charge in [-0.2, -0.15) is 15.8 Å². The van der Waals surface area contributed by atoms with Crippen LogP contribution >= 0.6 is 104 Å². The van der Waals surface area contributed by atoms with Crippen molar-refractivity contribution < 1.29 is 4.79 Å². The number of carbonyl (C=O) groups is 1. The van der Waals surface area contributed by atoms with E-state index in [1.807, 2.05) is 140 Å². The predicted octanol–water partition coefficient (Wildman–Crippen LogP) is 23.1. The first-order valence-electron chi connectivity index (χ1n) is 29.8. The summed E-state index contributed by atoms with van der Waals surface area (Å²) >= 11 is 56.0. The zero-order valence-corrected chi connectivity index (χ0v) is 56.0. The van der Waals surface area contributed by atoms with Crippen LogP contribution in [0.5, 0.6) is 0 Å². The molecular weight excluding hydrogens is 1320 g/mol. The molecule has 0 radical (unpaired) electrons. The molecule has 0 saturated heterocycles. The third-order valence-electron chi connectivity index (χ3n) is 17.3. The van der Waals surface area contributed by atoms with Crippen LogP contribution in [-0.2, 0) is 4.79 Å². The fraction of sp³-hybridized carbons (Fsp3) is 0.227. The van der Waals surface area contributed by atoms with Crippen LogP contribution in [-0.4, -0.2) is 19.4 Å². The number of hydrogen-bond acceptors (Lipinski definition) is 7. The minimum absolute atomic E-state index is 0.0671. The maximum atomic E-state index is 11.3. The summed E-state index contributed by atoms with van der Waals surface area (Å²) in [5, 5.41) is 39.6. The van der Waals surface area contributed by atoms with Crippen molar-refractivity contribution in [3.63, 3.8) is 0 Å². The number of nitrogen functional groups attached to an aromatic ring is 1. The van der Waals surface area contributed by atoms with Gasteiger partial charge in [0, 0.05) is 81.3 Å². The molecule has 1 unspecified atom stereocenters.